The average molecular weight is 284 g/mol. The lowest BCUT2D eigenvalue weighted by molar-refractivity contribution is 0.201. The highest BCUT2D eigenvalue weighted by atomic mass is 15.3. The molecule has 112 valence electrons. The summed E-state index contributed by atoms with van der Waals surface area (Å²) in [6.45, 7) is 9.21. The van der Waals surface area contributed by atoms with Gasteiger partial charge in [-0.15, -0.1) is 0 Å². The molecule has 2 aromatic rings. The first-order valence-electron chi connectivity index (χ1n) is 7.74. The van der Waals surface area contributed by atoms with Crippen molar-refractivity contribution in [3.05, 3.63) is 35.9 Å². The van der Waals surface area contributed by atoms with E-state index in [9.17, 15) is 0 Å². The van der Waals surface area contributed by atoms with Crippen LogP contribution in [0.2, 0.25) is 0 Å². The number of rotatable bonds is 3. The molecule has 21 heavy (non-hydrogen) atoms. The molecule has 2 heterocycles. The van der Waals surface area contributed by atoms with Crippen LogP contribution in [0.5, 0.6) is 0 Å². The quantitative estimate of drug-likeness (QED) is 0.936. The Kier molecular flexibility index (Phi) is 4.08. The number of nitrogens with two attached hydrogens (primary N) is 1. The Morgan fingerprint density at radius 3 is 2.62 bits per heavy atom. The summed E-state index contributed by atoms with van der Waals surface area (Å²) in [5.74, 6) is 1.09. The highest BCUT2D eigenvalue weighted by molar-refractivity contribution is 5.81. The van der Waals surface area contributed by atoms with Crippen molar-refractivity contribution >= 4 is 16.7 Å². The zero-order valence-electron chi connectivity index (χ0n) is 12.9. The molecule has 3 rings (SSSR count). The lowest BCUT2D eigenvalue weighted by Crippen LogP contribution is -2.51. The molecule has 0 amide bonds. The Morgan fingerprint density at radius 2 is 1.90 bits per heavy atom. The third-order valence-corrected chi connectivity index (χ3v) is 4.43. The van der Waals surface area contributed by atoms with Gasteiger partial charge < -0.3 is 10.6 Å². The summed E-state index contributed by atoms with van der Waals surface area (Å²) in [5, 5.41) is 1.22. The number of piperazine rings is 1. The summed E-state index contributed by atoms with van der Waals surface area (Å²) >= 11 is 0. The first-order valence-corrected chi connectivity index (χ1v) is 7.74. The highest BCUT2D eigenvalue weighted by Crippen LogP contribution is 2.20. The van der Waals surface area contributed by atoms with Gasteiger partial charge in [0.2, 0.25) is 0 Å². The van der Waals surface area contributed by atoms with Crippen LogP contribution in [0.25, 0.3) is 10.9 Å². The Balaban J connectivity index is 1.75. The van der Waals surface area contributed by atoms with Crippen molar-refractivity contribution in [2.75, 3.05) is 37.6 Å². The predicted molar refractivity (Wildman–Crippen MR) is 88.8 cm³/mol. The van der Waals surface area contributed by atoms with Gasteiger partial charge in [0.05, 0.1) is 5.52 Å². The van der Waals surface area contributed by atoms with E-state index in [1.165, 1.54) is 10.9 Å². The second-order valence-corrected chi connectivity index (χ2v) is 5.97. The SMILES string of the molecule is Cc1ccc2nc(N3CCN(C(C)CN)CC3)ccc2c1. The Hall–Kier alpha value is -1.65. The van der Waals surface area contributed by atoms with Crippen LogP contribution >= 0.6 is 0 Å². The molecule has 0 spiro atoms. The van der Waals surface area contributed by atoms with E-state index in [-0.39, 0.29) is 0 Å². The van der Waals surface area contributed by atoms with Crippen LogP contribution in [0.1, 0.15) is 12.5 Å². The molecule has 1 unspecified atom stereocenters. The minimum Gasteiger partial charge on any atom is -0.354 e. The maximum absolute atomic E-state index is 5.76. The van der Waals surface area contributed by atoms with Gasteiger partial charge in [-0.1, -0.05) is 11.6 Å². The monoisotopic (exact) mass is 284 g/mol. The Morgan fingerprint density at radius 1 is 1.14 bits per heavy atom. The van der Waals surface area contributed by atoms with Crippen LogP contribution in [-0.2, 0) is 0 Å². The molecule has 0 saturated carbocycles. The van der Waals surface area contributed by atoms with Crippen molar-refractivity contribution in [3.63, 3.8) is 0 Å². The van der Waals surface area contributed by atoms with Crippen molar-refractivity contribution in [2.45, 2.75) is 19.9 Å². The minimum absolute atomic E-state index is 0.472. The number of pyridine rings is 1. The van der Waals surface area contributed by atoms with Gasteiger partial charge in [-0.05, 0) is 38.1 Å². The van der Waals surface area contributed by atoms with Gasteiger partial charge in [0.25, 0.3) is 0 Å². The zero-order valence-corrected chi connectivity index (χ0v) is 12.9. The maximum atomic E-state index is 5.76. The van der Waals surface area contributed by atoms with Gasteiger partial charge in [-0.3, -0.25) is 4.90 Å². The van der Waals surface area contributed by atoms with E-state index in [0.717, 1.165) is 44.1 Å². The largest absolute Gasteiger partial charge is 0.354 e. The molecule has 1 saturated heterocycles. The number of aromatic nitrogens is 1. The van der Waals surface area contributed by atoms with E-state index >= 15 is 0 Å². The van der Waals surface area contributed by atoms with Gasteiger partial charge >= 0.3 is 0 Å². The van der Waals surface area contributed by atoms with Crippen molar-refractivity contribution in [2.24, 2.45) is 5.73 Å². The van der Waals surface area contributed by atoms with Crippen LogP contribution in [-0.4, -0.2) is 48.6 Å². The Bertz CT molecular complexity index is 617. The topological polar surface area (TPSA) is 45.4 Å². The number of hydrogen-bond acceptors (Lipinski definition) is 4. The fourth-order valence-electron chi connectivity index (χ4n) is 2.95. The van der Waals surface area contributed by atoms with Gasteiger partial charge in [0.1, 0.15) is 5.82 Å². The smallest absolute Gasteiger partial charge is 0.129 e. The summed E-state index contributed by atoms with van der Waals surface area (Å²) in [7, 11) is 0. The first-order chi connectivity index (χ1) is 10.2. The second-order valence-electron chi connectivity index (χ2n) is 5.97. The number of aryl methyl sites for hydroxylation is 1. The zero-order chi connectivity index (χ0) is 14.8. The first kappa shape index (κ1) is 14.3. The van der Waals surface area contributed by atoms with Crippen LogP contribution < -0.4 is 10.6 Å². The maximum Gasteiger partial charge on any atom is 0.129 e. The molecule has 4 nitrogen and oxygen atoms in total. The van der Waals surface area contributed by atoms with E-state index in [2.05, 4.69) is 54.0 Å². The minimum atomic E-state index is 0.472. The van der Waals surface area contributed by atoms with Crippen molar-refractivity contribution < 1.29 is 0 Å². The van der Waals surface area contributed by atoms with E-state index in [4.69, 9.17) is 10.7 Å². The van der Waals surface area contributed by atoms with Crippen molar-refractivity contribution in [1.29, 1.82) is 0 Å². The number of anilines is 1. The summed E-state index contributed by atoms with van der Waals surface area (Å²) < 4.78 is 0. The molecule has 0 radical (unpaired) electrons. The molecule has 0 bridgehead atoms. The highest BCUT2D eigenvalue weighted by Gasteiger charge is 2.21. The lowest BCUT2D eigenvalue weighted by atomic mass is 10.1. The third kappa shape index (κ3) is 3.01. The van der Waals surface area contributed by atoms with Gasteiger partial charge in [-0.2, -0.15) is 0 Å². The fraction of sp³-hybridized carbons (Fsp3) is 0.471. The van der Waals surface area contributed by atoms with Crippen LogP contribution in [0.15, 0.2) is 30.3 Å². The van der Waals surface area contributed by atoms with Gasteiger partial charge in [-0.25, -0.2) is 4.98 Å². The number of fused-ring (bicyclic) bond motifs is 1. The molecular weight excluding hydrogens is 260 g/mol. The van der Waals surface area contributed by atoms with Crippen LogP contribution in [0, 0.1) is 6.92 Å². The Labute approximate surface area is 126 Å². The number of hydrogen-bond donors (Lipinski definition) is 1. The summed E-state index contributed by atoms with van der Waals surface area (Å²) in [6, 6.07) is 11.2. The predicted octanol–water partition coefficient (Wildman–Crippen LogP) is 2.01. The van der Waals surface area contributed by atoms with E-state index in [1.54, 1.807) is 0 Å². The van der Waals surface area contributed by atoms with E-state index in [0.29, 0.717) is 6.04 Å². The molecule has 1 atom stereocenters. The molecule has 0 aliphatic carbocycles. The lowest BCUT2D eigenvalue weighted by Gasteiger charge is -2.38. The van der Waals surface area contributed by atoms with Crippen molar-refractivity contribution in [1.82, 2.24) is 9.88 Å². The number of nitrogens with zero attached hydrogens (tertiary/aromatic N) is 3. The summed E-state index contributed by atoms with van der Waals surface area (Å²) in [4.78, 5) is 9.65. The average Bonchev–Trinajstić information content (AvgIpc) is 2.53. The summed E-state index contributed by atoms with van der Waals surface area (Å²) in [5.41, 5.74) is 8.11. The van der Waals surface area contributed by atoms with Gasteiger partial charge in [0, 0.05) is 44.2 Å². The molecule has 1 aromatic carbocycles. The van der Waals surface area contributed by atoms with Gasteiger partial charge in [0.15, 0.2) is 0 Å². The summed E-state index contributed by atoms with van der Waals surface area (Å²) in [6.07, 6.45) is 0. The van der Waals surface area contributed by atoms with E-state index < -0.39 is 0 Å². The van der Waals surface area contributed by atoms with Crippen LogP contribution in [0.3, 0.4) is 0 Å². The number of benzene rings is 1. The molecule has 4 heteroatoms. The second kappa shape index (κ2) is 6.00. The molecule has 1 aliphatic heterocycles. The molecule has 2 N–H and O–H groups in total. The van der Waals surface area contributed by atoms with E-state index in [1.807, 2.05) is 0 Å². The third-order valence-electron chi connectivity index (χ3n) is 4.43. The molecule has 1 fully saturated rings. The molecule has 1 aromatic heterocycles. The van der Waals surface area contributed by atoms with Crippen LogP contribution in [0.4, 0.5) is 5.82 Å². The molecule has 1 aliphatic rings. The standard InChI is InChI=1S/C17H24N4/c1-13-3-5-16-15(11-13)4-6-17(19-16)21-9-7-20(8-10-21)14(2)12-18/h3-6,11,14H,7-10,12,18H2,1-2H3. The molecular formula is C17H24N4. The normalized spacial score (nSPS) is 18.1. The van der Waals surface area contributed by atoms with Crippen molar-refractivity contribution in [3.8, 4) is 0 Å². The fourth-order valence-corrected chi connectivity index (χ4v) is 2.95.